The molecule has 1 aliphatic rings. The zero-order valence-corrected chi connectivity index (χ0v) is 20.8. The molecule has 0 heterocycles. The van der Waals surface area contributed by atoms with Crippen molar-refractivity contribution in [2.45, 2.75) is 127 Å². The minimum atomic E-state index is 0.190. The summed E-state index contributed by atoms with van der Waals surface area (Å²) in [5, 5.41) is 0. The van der Waals surface area contributed by atoms with Crippen LogP contribution in [0.1, 0.15) is 121 Å². The molecule has 1 saturated carbocycles. The molecule has 5 atom stereocenters. The molecule has 0 N–H and O–H groups in total. The minimum absolute atomic E-state index is 0.190. The predicted molar refractivity (Wildman–Crippen MR) is 121 cm³/mol. The molecule has 1 heteroatoms. The fourth-order valence-corrected chi connectivity index (χ4v) is 7.29. The molecule has 0 saturated heterocycles. The van der Waals surface area contributed by atoms with Crippen LogP contribution in [0.2, 0.25) is 0 Å². The number of hydrogen-bond acceptors (Lipinski definition) is 1. The molecule has 0 amide bonds. The Bertz CT molecular complexity index is 440. The van der Waals surface area contributed by atoms with Crippen LogP contribution in [-0.4, -0.2) is 12.7 Å². The van der Waals surface area contributed by atoms with Gasteiger partial charge in [-0.15, -0.1) is 0 Å². The van der Waals surface area contributed by atoms with Gasteiger partial charge in [-0.3, -0.25) is 0 Å². The van der Waals surface area contributed by atoms with Crippen molar-refractivity contribution in [3.05, 3.63) is 0 Å². The smallest absolute Gasteiger partial charge is 0.0670 e. The molecule has 5 unspecified atom stereocenters. The first kappa shape index (κ1) is 25.0. The van der Waals surface area contributed by atoms with Crippen LogP contribution in [-0.2, 0) is 4.74 Å². The summed E-state index contributed by atoms with van der Waals surface area (Å²) in [5.41, 5.74) is 0.986. The van der Waals surface area contributed by atoms with Crippen LogP contribution >= 0.6 is 0 Å². The molecule has 0 bridgehead atoms. The summed E-state index contributed by atoms with van der Waals surface area (Å²) < 4.78 is 6.68. The van der Waals surface area contributed by atoms with E-state index in [-0.39, 0.29) is 16.2 Å². The first-order chi connectivity index (χ1) is 12.3. The van der Waals surface area contributed by atoms with Crippen LogP contribution in [0, 0.1) is 33.5 Å². The van der Waals surface area contributed by atoms with E-state index in [2.05, 4.69) is 76.2 Å². The number of unbranched alkanes of at least 4 members (excludes halogenated alkanes) is 5. The second-order valence-electron chi connectivity index (χ2n) is 11.7. The van der Waals surface area contributed by atoms with Gasteiger partial charge in [0.1, 0.15) is 0 Å². The van der Waals surface area contributed by atoms with Crippen molar-refractivity contribution < 1.29 is 4.74 Å². The first-order valence-corrected chi connectivity index (χ1v) is 12.0. The Balaban J connectivity index is 2.98. The van der Waals surface area contributed by atoms with Crippen molar-refractivity contribution in [2.75, 3.05) is 6.61 Å². The maximum absolute atomic E-state index is 6.68. The van der Waals surface area contributed by atoms with E-state index in [1.807, 2.05) is 0 Å². The maximum Gasteiger partial charge on any atom is 0.0670 e. The summed E-state index contributed by atoms with van der Waals surface area (Å²) in [6.07, 6.45) is 9.63. The molecular weight excluding hydrogens is 328 g/mol. The highest BCUT2D eigenvalue weighted by Gasteiger charge is 2.76. The lowest BCUT2D eigenvalue weighted by atomic mass is 9.28. The number of rotatable bonds is 10. The predicted octanol–water partition coefficient (Wildman–Crippen LogP) is 8.51. The fraction of sp³-hybridized carbons (Fsp3) is 1.00. The highest BCUT2D eigenvalue weighted by atomic mass is 16.5. The highest BCUT2D eigenvalue weighted by Crippen LogP contribution is 2.77. The normalized spacial score (nSPS) is 33.0. The Hall–Kier alpha value is -0.0400. The van der Waals surface area contributed by atoms with Gasteiger partial charge in [-0.25, -0.2) is 0 Å². The van der Waals surface area contributed by atoms with Crippen LogP contribution in [0.15, 0.2) is 0 Å². The summed E-state index contributed by atoms with van der Waals surface area (Å²) >= 11 is 0. The van der Waals surface area contributed by atoms with Crippen molar-refractivity contribution in [1.29, 1.82) is 0 Å². The summed E-state index contributed by atoms with van der Waals surface area (Å²) in [4.78, 5) is 0. The van der Waals surface area contributed by atoms with E-state index >= 15 is 0 Å². The zero-order chi connectivity index (χ0) is 21.1. The molecule has 1 aliphatic carbocycles. The lowest BCUT2D eigenvalue weighted by Gasteiger charge is -2.78. The second kappa shape index (κ2) is 9.19. The fourth-order valence-electron chi connectivity index (χ4n) is 7.29. The third-order valence-electron chi connectivity index (χ3n) is 8.58. The van der Waals surface area contributed by atoms with Gasteiger partial charge in [-0.05, 0) is 34.5 Å². The van der Waals surface area contributed by atoms with Crippen molar-refractivity contribution >= 4 is 0 Å². The van der Waals surface area contributed by atoms with Gasteiger partial charge in [-0.2, -0.15) is 0 Å². The molecule has 0 aliphatic heterocycles. The Morgan fingerprint density at radius 3 is 1.81 bits per heavy atom. The average Bonchev–Trinajstić information content (AvgIpc) is 2.54. The monoisotopic (exact) mass is 380 g/mol. The van der Waals surface area contributed by atoms with Crippen LogP contribution in [0.5, 0.6) is 0 Å². The second-order valence-corrected chi connectivity index (χ2v) is 11.7. The van der Waals surface area contributed by atoms with Crippen LogP contribution < -0.4 is 0 Å². The zero-order valence-electron chi connectivity index (χ0n) is 20.8. The SMILES string of the molecule is CCCCCCCCOC1C(C)C(C(C)CC)(C(C)(C)C)C1(C)C(C)(C)C. The van der Waals surface area contributed by atoms with E-state index in [1.54, 1.807) is 0 Å². The molecular formula is C26H52O. The molecule has 0 aromatic heterocycles. The van der Waals surface area contributed by atoms with Crippen molar-refractivity contribution in [1.82, 2.24) is 0 Å². The van der Waals surface area contributed by atoms with Crippen LogP contribution in [0.4, 0.5) is 0 Å². The van der Waals surface area contributed by atoms with Gasteiger partial charge in [0.2, 0.25) is 0 Å². The van der Waals surface area contributed by atoms with E-state index in [0.717, 1.165) is 6.61 Å². The van der Waals surface area contributed by atoms with Gasteiger partial charge in [-0.1, -0.05) is 115 Å². The van der Waals surface area contributed by atoms with Gasteiger partial charge < -0.3 is 4.74 Å². The maximum atomic E-state index is 6.68. The Kier molecular flexibility index (Phi) is 8.50. The van der Waals surface area contributed by atoms with Crippen LogP contribution in [0.3, 0.4) is 0 Å². The van der Waals surface area contributed by atoms with E-state index in [0.29, 0.717) is 23.4 Å². The Labute approximate surface area is 172 Å². The summed E-state index contributed by atoms with van der Waals surface area (Å²) in [6, 6.07) is 0. The molecule has 162 valence electrons. The lowest BCUT2D eigenvalue weighted by molar-refractivity contribution is -0.347. The van der Waals surface area contributed by atoms with Gasteiger partial charge in [0, 0.05) is 12.0 Å². The van der Waals surface area contributed by atoms with Crippen LogP contribution in [0.25, 0.3) is 0 Å². The topological polar surface area (TPSA) is 9.23 Å². The molecule has 1 rings (SSSR count). The largest absolute Gasteiger partial charge is 0.377 e. The standard InChI is InChI=1S/C26H52O/c1-12-14-15-16-17-18-19-27-22-21(4)26(20(3)13-2,24(8,9)10)25(22,11)23(5,6)7/h20-22H,12-19H2,1-11H3. The summed E-state index contributed by atoms with van der Waals surface area (Å²) in [7, 11) is 0. The third-order valence-corrected chi connectivity index (χ3v) is 8.58. The van der Waals surface area contributed by atoms with Gasteiger partial charge in [0.05, 0.1) is 6.10 Å². The first-order valence-electron chi connectivity index (χ1n) is 12.0. The molecule has 0 radical (unpaired) electrons. The van der Waals surface area contributed by atoms with Gasteiger partial charge >= 0.3 is 0 Å². The van der Waals surface area contributed by atoms with E-state index < -0.39 is 0 Å². The quantitative estimate of drug-likeness (QED) is 0.345. The van der Waals surface area contributed by atoms with Crippen molar-refractivity contribution in [3.8, 4) is 0 Å². The molecule has 1 fully saturated rings. The van der Waals surface area contributed by atoms with E-state index in [1.165, 1.54) is 44.9 Å². The molecule has 1 nitrogen and oxygen atoms in total. The van der Waals surface area contributed by atoms with Crippen molar-refractivity contribution in [2.24, 2.45) is 33.5 Å². The number of ether oxygens (including phenoxy) is 1. The summed E-state index contributed by atoms with van der Waals surface area (Å²) in [6.45, 7) is 27.9. The summed E-state index contributed by atoms with van der Waals surface area (Å²) in [5.74, 6) is 1.31. The van der Waals surface area contributed by atoms with E-state index in [9.17, 15) is 0 Å². The number of hydrogen-bond donors (Lipinski definition) is 0. The van der Waals surface area contributed by atoms with Crippen molar-refractivity contribution in [3.63, 3.8) is 0 Å². The minimum Gasteiger partial charge on any atom is -0.377 e. The lowest BCUT2D eigenvalue weighted by Crippen LogP contribution is -2.77. The molecule has 0 aromatic carbocycles. The van der Waals surface area contributed by atoms with Gasteiger partial charge in [0.15, 0.2) is 0 Å². The highest BCUT2D eigenvalue weighted by molar-refractivity contribution is 5.23. The van der Waals surface area contributed by atoms with Gasteiger partial charge in [0.25, 0.3) is 0 Å². The Morgan fingerprint density at radius 2 is 1.37 bits per heavy atom. The average molecular weight is 381 g/mol. The molecule has 27 heavy (non-hydrogen) atoms. The third kappa shape index (κ3) is 4.15. The molecule has 0 spiro atoms. The molecule has 0 aromatic rings. The Morgan fingerprint density at radius 1 is 0.852 bits per heavy atom. The van der Waals surface area contributed by atoms with E-state index in [4.69, 9.17) is 4.74 Å².